The summed E-state index contributed by atoms with van der Waals surface area (Å²) in [5, 5.41) is 10.1. The number of anilines is 1. The average molecular weight is 417 g/mol. The Morgan fingerprint density at radius 1 is 1.13 bits per heavy atom. The molecule has 1 amide bonds. The molecule has 0 spiro atoms. The number of benzene rings is 2. The van der Waals surface area contributed by atoms with Crippen molar-refractivity contribution in [1.29, 1.82) is 0 Å². The number of likely N-dealkylation sites (tertiary alicyclic amines) is 1. The zero-order valence-corrected chi connectivity index (χ0v) is 17.3. The van der Waals surface area contributed by atoms with E-state index in [1.165, 1.54) is 12.1 Å². The van der Waals surface area contributed by atoms with Gasteiger partial charge in [-0.2, -0.15) is 0 Å². The number of amides is 1. The van der Waals surface area contributed by atoms with Gasteiger partial charge in [0.15, 0.2) is 0 Å². The summed E-state index contributed by atoms with van der Waals surface area (Å²) in [6.45, 7) is 0.651. The molecule has 1 fully saturated rings. The second-order valence-corrected chi connectivity index (χ2v) is 8.25. The number of hydrogen-bond acceptors (Lipinski definition) is 4. The topological polar surface area (TPSA) is 56.7 Å². The Morgan fingerprint density at radius 3 is 2.61 bits per heavy atom. The van der Waals surface area contributed by atoms with Crippen LogP contribution in [0.5, 0.6) is 0 Å². The summed E-state index contributed by atoms with van der Waals surface area (Å²) in [5.41, 5.74) is 4.39. The molecule has 2 aliphatic heterocycles. The third-order valence-electron chi connectivity index (χ3n) is 6.67. The van der Waals surface area contributed by atoms with Crippen LogP contribution in [0, 0.1) is 11.7 Å². The predicted octanol–water partition coefficient (Wildman–Crippen LogP) is 3.90. The third kappa shape index (κ3) is 3.27. The summed E-state index contributed by atoms with van der Waals surface area (Å²) in [4.78, 5) is 21.6. The van der Waals surface area contributed by atoms with Crippen LogP contribution in [0.4, 0.5) is 10.1 Å². The molecule has 2 aromatic carbocycles. The first-order chi connectivity index (χ1) is 15.1. The minimum Gasteiger partial charge on any atom is -0.394 e. The van der Waals surface area contributed by atoms with Crippen molar-refractivity contribution in [2.45, 2.75) is 18.5 Å². The van der Waals surface area contributed by atoms with Crippen molar-refractivity contribution in [2.75, 3.05) is 25.1 Å². The molecule has 0 radical (unpaired) electrons. The van der Waals surface area contributed by atoms with E-state index in [0.29, 0.717) is 12.2 Å². The molecule has 3 heterocycles. The fourth-order valence-corrected chi connectivity index (χ4v) is 5.14. The lowest BCUT2D eigenvalue weighted by Crippen LogP contribution is -2.48. The van der Waals surface area contributed by atoms with Crippen LogP contribution >= 0.6 is 0 Å². The SMILES string of the molecule is CN1c2ccc(-c3ccc(F)cc3)cc2[C@H]2[C@H](CCN2C(=O)c2ccccn2)[C@@H]1CO. The van der Waals surface area contributed by atoms with Gasteiger partial charge in [-0.25, -0.2) is 4.39 Å². The Bertz CT molecular complexity index is 1100. The lowest BCUT2D eigenvalue weighted by atomic mass is 9.81. The number of pyridine rings is 1. The Balaban J connectivity index is 1.60. The van der Waals surface area contributed by atoms with Gasteiger partial charge in [0.1, 0.15) is 11.5 Å². The van der Waals surface area contributed by atoms with E-state index in [-0.39, 0.29) is 36.3 Å². The quantitative estimate of drug-likeness (QED) is 0.702. The first kappa shape index (κ1) is 19.7. The number of carbonyl (C=O) groups excluding carboxylic acids is 1. The predicted molar refractivity (Wildman–Crippen MR) is 117 cm³/mol. The molecule has 0 saturated carbocycles. The van der Waals surface area contributed by atoms with E-state index in [1.54, 1.807) is 30.5 Å². The maximum absolute atomic E-state index is 13.4. The highest BCUT2D eigenvalue weighted by molar-refractivity contribution is 5.93. The second kappa shape index (κ2) is 7.78. The molecule has 5 nitrogen and oxygen atoms in total. The van der Waals surface area contributed by atoms with Crippen molar-refractivity contribution in [3.63, 3.8) is 0 Å². The van der Waals surface area contributed by atoms with Gasteiger partial charge in [-0.15, -0.1) is 0 Å². The maximum atomic E-state index is 13.4. The molecule has 158 valence electrons. The normalized spacial score (nSPS) is 22.2. The van der Waals surface area contributed by atoms with Crippen LogP contribution in [0.3, 0.4) is 0 Å². The van der Waals surface area contributed by atoms with Gasteiger partial charge in [0.2, 0.25) is 0 Å². The van der Waals surface area contributed by atoms with Crippen molar-refractivity contribution in [1.82, 2.24) is 9.88 Å². The van der Waals surface area contributed by atoms with Gasteiger partial charge in [-0.05, 0) is 59.5 Å². The van der Waals surface area contributed by atoms with Crippen LogP contribution in [-0.2, 0) is 0 Å². The van der Waals surface area contributed by atoms with Crippen LogP contribution in [0.1, 0.15) is 28.5 Å². The van der Waals surface area contributed by atoms with Gasteiger partial charge in [0.25, 0.3) is 5.91 Å². The van der Waals surface area contributed by atoms with Crippen LogP contribution in [0.25, 0.3) is 11.1 Å². The van der Waals surface area contributed by atoms with E-state index >= 15 is 0 Å². The first-order valence-electron chi connectivity index (χ1n) is 10.5. The molecular weight excluding hydrogens is 393 g/mol. The first-order valence-corrected chi connectivity index (χ1v) is 10.5. The lowest BCUT2D eigenvalue weighted by Gasteiger charge is -2.44. The molecule has 0 unspecified atom stereocenters. The molecule has 31 heavy (non-hydrogen) atoms. The number of rotatable bonds is 3. The van der Waals surface area contributed by atoms with E-state index in [9.17, 15) is 14.3 Å². The van der Waals surface area contributed by atoms with E-state index in [4.69, 9.17) is 0 Å². The van der Waals surface area contributed by atoms with E-state index < -0.39 is 0 Å². The second-order valence-electron chi connectivity index (χ2n) is 8.25. The van der Waals surface area contributed by atoms with Crippen molar-refractivity contribution in [2.24, 2.45) is 5.92 Å². The standard InChI is InChI=1S/C25H24FN3O2/c1-28-22-10-7-17(16-5-8-18(26)9-6-16)14-20(22)24-19(23(28)15-30)11-13-29(24)25(31)21-4-2-3-12-27-21/h2-10,12,14,19,23-24,30H,11,13,15H2,1H3/t19-,23+,24-/m1/s1. The van der Waals surface area contributed by atoms with Crippen molar-refractivity contribution < 1.29 is 14.3 Å². The molecule has 3 aromatic rings. The average Bonchev–Trinajstić information content (AvgIpc) is 3.25. The summed E-state index contributed by atoms with van der Waals surface area (Å²) in [6, 6.07) is 17.8. The van der Waals surface area contributed by atoms with Gasteiger partial charge in [-0.1, -0.05) is 24.3 Å². The zero-order valence-electron chi connectivity index (χ0n) is 17.3. The van der Waals surface area contributed by atoms with Crippen molar-refractivity contribution in [3.05, 3.63) is 83.9 Å². The van der Waals surface area contributed by atoms with E-state index in [0.717, 1.165) is 28.8 Å². The highest BCUT2D eigenvalue weighted by Gasteiger charge is 2.47. The maximum Gasteiger partial charge on any atom is 0.272 e. The number of halogens is 1. The summed E-state index contributed by atoms with van der Waals surface area (Å²) >= 11 is 0. The van der Waals surface area contributed by atoms with Gasteiger partial charge in [0, 0.05) is 31.4 Å². The number of nitrogens with zero attached hydrogens (tertiary/aromatic N) is 3. The number of aliphatic hydroxyl groups is 1. The monoisotopic (exact) mass is 417 g/mol. The number of carbonyl (C=O) groups is 1. The fourth-order valence-electron chi connectivity index (χ4n) is 5.14. The molecule has 0 aliphatic carbocycles. The minimum absolute atomic E-state index is 0.0302. The van der Waals surface area contributed by atoms with Crippen LogP contribution in [0.15, 0.2) is 66.9 Å². The largest absolute Gasteiger partial charge is 0.394 e. The number of likely N-dealkylation sites (N-methyl/N-ethyl adjacent to an activating group) is 1. The van der Waals surface area contributed by atoms with Crippen LogP contribution in [0.2, 0.25) is 0 Å². The molecule has 5 rings (SSSR count). The third-order valence-corrected chi connectivity index (χ3v) is 6.67. The van der Waals surface area contributed by atoms with Gasteiger partial charge < -0.3 is 14.9 Å². The molecule has 1 saturated heterocycles. The summed E-state index contributed by atoms with van der Waals surface area (Å²) in [5.74, 6) is -0.235. The van der Waals surface area contributed by atoms with Crippen molar-refractivity contribution >= 4 is 11.6 Å². The van der Waals surface area contributed by atoms with Crippen LogP contribution < -0.4 is 4.90 Å². The molecule has 0 bridgehead atoms. The zero-order chi connectivity index (χ0) is 21.5. The minimum atomic E-state index is -0.268. The Hall–Kier alpha value is -3.25. The number of aromatic nitrogens is 1. The molecule has 1 aromatic heterocycles. The molecule has 6 heteroatoms. The van der Waals surface area contributed by atoms with E-state index in [2.05, 4.69) is 16.0 Å². The molecule has 3 atom stereocenters. The van der Waals surface area contributed by atoms with Gasteiger partial charge in [-0.3, -0.25) is 9.78 Å². The van der Waals surface area contributed by atoms with Gasteiger partial charge in [0.05, 0.1) is 18.7 Å². The lowest BCUT2D eigenvalue weighted by molar-refractivity contribution is 0.0688. The van der Waals surface area contributed by atoms with Gasteiger partial charge >= 0.3 is 0 Å². The highest BCUT2D eigenvalue weighted by Crippen LogP contribution is 2.49. The smallest absolute Gasteiger partial charge is 0.272 e. The Morgan fingerprint density at radius 2 is 1.90 bits per heavy atom. The Labute approximate surface area is 180 Å². The summed E-state index contributed by atoms with van der Waals surface area (Å²) in [6.07, 6.45) is 2.45. The summed E-state index contributed by atoms with van der Waals surface area (Å²) < 4.78 is 13.4. The fraction of sp³-hybridized carbons (Fsp3) is 0.280. The summed E-state index contributed by atoms with van der Waals surface area (Å²) in [7, 11) is 2.00. The Kier molecular flexibility index (Phi) is 4.94. The molecule has 2 aliphatic rings. The number of fused-ring (bicyclic) bond motifs is 3. The van der Waals surface area contributed by atoms with E-state index in [1.807, 2.05) is 30.1 Å². The highest BCUT2D eigenvalue weighted by atomic mass is 19.1. The van der Waals surface area contributed by atoms with Crippen LogP contribution in [-0.4, -0.2) is 47.1 Å². The number of aliphatic hydroxyl groups excluding tert-OH is 1. The van der Waals surface area contributed by atoms with Crippen molar-refractivity contribution in [3.8, 4) is 11.1 Å². The molecular formula is C25H24FN3O2. The number of hydrogen-bond donors (Lipinski definition) is 1. The molecule has 1 N–H and O–H groups in total.